The van der Waals surface area contributed by atoms with Crippen LogP contribution in [0.15, 0.2) is 91.0 Å². The molecular weight excluding hydrogens is 463 g/mol. The molecule has 0 saturated carbocycles. The number of benzene rings is 5. The van der Waals surface area contributed by atoms with Crippen molar-refractivity contribution >= 4 is 34.1 Å². The van der Waals surface area contributed by atoms with Crippen LogP contribution in [0.5, 0.6) is 0 Å². The number of hydrogen-bond acceptors (Lipinski definition) is 2. The lowest BCUT2D eigenvalue weighted by Crippen LogP contribution is -2.41. The lowest BCUT2D eigenvalue weighted by Gasteiger charge is -2.32. The predicted octanol–water partition coefficient (Wildman–Crippen LogP) is 8.27. The van der Waals surface area contributed by atoms with Crippen molar-refractivity contribution in [3.8, 4) is 22.3 Å². The van der Waals surface area contributed by atoms with E-state index >= 15 is 0 Å². The number of rotatable bonds is 2. The van der Waals surface area contributed by atoms with Gasteiger partial charge in [-0.05, 0) is 100 Å². The van der Waals surface area contributed by atoms with Gasteiger partial charge in [0.25, 0.3) is 0 Å². The molecule has 0 N–H and O–H groups in total. The first kappa shape index (κ1) is 23.7. The van der Waals surface area contributed by atoms with Gasteiger partial charge < -0.3 is 9.31 Å². The van der Waals surface area contributed by atoms with Gasteiger partial charge in [0.15, 0.2) is 0 Å². The molecule has 7 rings (SSSR count). The van der Waals surface area contributed by atoms with Crippen molar-refractivity contribution in [3.63, 3.8) is 0 Å². The fourth-order valence-electron chi connectivity index (χ4n) is 6.28. The Labute approximate surface area is 225 Å². The van der Waals surface area contributed by atoms with Gasteiger partial charge in [-0.3, -0.25) is 0 Å². The highest BCUT2D eigenvalue weighted by atomic mass is 16.7. The Bertz CT molecular complexity index is 1750. The normalized spacial score (nSPS) is 18.6. The van der Waals surface area contributed by atoms with Crippen LogP contribution in [0.1, 0.15) is 52.7 Å². The van der Waals surface area contributed by atoms with Gasteiger partial charge >= 0.3 is 7.12 Å². The number of fused-ring (bicyclic) bond motifs is 6. The maximum atomic E-state index is 6.39. The van der Waals surface area contributed by atoms with Crippen LogP contribution in [0.3, 0.4) is 0 Å². The zero-order chi connectivity index (χ0) is 26.4. The molecule has 0 aromatic heterocycles. The molecule has 0 atom stereocenters. The molecular formula is C35H33BO2. The lowest BCUT2D eigenvalue weighted by molar-refractivity contribution is 0.00578. The summed E-state index contributed by atoms with van der Waals surface area (Å²) in [6.45, 7) is 13.1. The molecule has 1 aliphatic heterocycles. The smallest absolute Gasteiger partial charge is 0.399 e. The fraction of sp³-hybridized carbons (Fsp3) is 0.257. The van der Waals surface area contributed by atoms with E-state index in [1.165, 1.54) is 54.9 Å². The van der Waals surface area contributed by atoms with Crippen molar-refractivity contribution in [1.29, 1.82) is 0 Å². The first-order valence-corrected chi connectivity index (χ1v) is 13.6. The number of hydrogen-bond donors (Lipinski definition) is 0. The Morgan fingerprint density at radius 2 is 1.11 bits per heavy atom. The first-order valence-electron chi connectivity index (χ1n) is 13.6. The summed E-state index contributed by atoms with van der Waals surface area (Å²) in [5.41, 5.74) is 8.10. The fourth-order valence-corrected chi connectivity index (χ4v) is 6.28. The summed E-state index contributed by atoms with van der Waals surface area (Å²) < 4.78 is 12.8. The quantitative estimate of drug-likeness (QED) is 0.181. The van der Waals surface area contributed by atoms with Gasteiger partial charge in [0.2, 0.25) is 0 Å². The van der Waals surface area contributed by atoms with Crippen LogP contribution in [0, 0.1) is 0 Å². The lowest BCUT2D eigenvalue weighted by atomic mass is 9.76. The second-order valence-electron chi connectivity index (χ2n) is 12.5. The maximum absolute atomic E-state index is 6.39. The molecule has 2 aliphatic rings. The van der Waals surface area contributed by atoms with E-state index in [4.69, 9.17) is 9.31 Å². The van der Waals surface area contributed by atoms with Crippen molar-refractivity contribution < 1.29 is 9.31 Å². The van der Waals surface area contributed by atoms with E-state index in [9.17, 15) is 0 Å². The highest BCUT2D eigenvalue weighted by Crippen LogP contribution is 2.49. The summed E-state index contributed by atoms with van der Waals surface area (Å²) in [6, 6.07) is 33.7. The van der Waals surface area contributed by atoms with Crippen LogP contribution in [0.2, 0.25) is 0 Å². The Morgan fingerprint density at radius 3 is 1.87 bits per heavy atom. The average molecular weight is 496 g/mol. The minimum Gasteiger partial charge on any atom is -0.399 e. The van der Waals surface area contributed by atoms with Gasteiger partial charge in [-0.1, -0.05) is 92.7 Å². The van der Waals surface area contributed by atoms with Crippen molar-refractivity contribution in [2.45, 2.75) is 58.2 Å². The van der Waals surface area contributed by atoms with Gasteiger partial charge in [0, 0.05) is 5.41 Å². The van der Waals surface area contributed by atoms with Gasteiger partial charge in [-0.15, -0.1) is 0 Å². The van der Waals surface area contributed by atoms with E-state index in [0.717, 1.165) is 5.46 Å². The summed E-state index contributed by atoms with van der Waals surface area (Å²) in [5, 5.41) is 5.15. The molecule has 0 bridgehead atoms. The molecule has 0 amide bonds. The average Bonchev–Trinajstić information content (AvgIpc) is 3.27. The van der Waals surface area contributed by atoms with E-state index in [0.29, 0.717) is 0 Å². The Balaban J connectivity index is 1.33. The monoisotopic (exact) mass is 496 g/mol. The summed E-state index contributed by atoms with van der Waals surface area (Å²) in [4.78, 5) is 0. The van der Waals surface area contributed by atoms with Crippen molar-refractivity contribution in [2.24, 2.45) is 0 Å². The molecule has 2 nitrogen and oxygen atoms in total. The third kappa shape index (κ3) is 3.35. The summed E-state index contributed by atoms with van der Waals surface area (Å²) in [7, 11) is -0.365. The summed E-state index contributed by atoms with van der Waals surface area (Å²) >= 11 is 0. The highest BCUT2D eigenvalue weighted by Gasteiger charge is 2.52. The standard InChI is InChI=1S/C35H33BO2/c1-33(2)31-17-14-24(23-13-16-28-25(19-23)12-11-22-9-7-8-10-27(22)28)20-29(31)30-21-26(15-18-32(30)33)36-37-34(3,4)35(5,6)38-36/h7-21H,1-6H3. The Hall–Kier alpha value is -3.40. The zero-order valence-corrected chi connectivity index (χ0v) is 23.1. The molecule has 38 heavy (non-hydrogen) atoms. The molecule has 0 radical (unpaired) electrons. The third-order valence-electron chi connectivity index (χ3n) is 9.30. The molecule has 5 aromatic carbocycles. The van der Waals surface area contributed by atoms with E-state index < -0.39 is 0 Å². The molecule has 0 unspecified atom stereocenters. The van der Waals surface area contributed by atoms with Gasteiger partial charge in [0.05, 0.1) is 11.2 Å². The molecule has 3 heteroatoms. The summed E-state index contributed by atoms with van der Waals surface area (Å²) in [5.74, 6) is 0. The van der Waals surface area contributed by atoms with Gasteiger partial charge in [-0.2, -0.15) is 0 Å². The van der Waals surface area contributed by atoms with Gasteiger partial charge in [-0.25, -0.2) is 0 Å². The largest absolute Gasteiger partial charge is 0.494 e. The molecule has 1 fully saturated rings. The van der Waals surface area contributed by atoms with Crippen molar-refractivity contribution in [2.75, 3.05) is 0 Å². The summed E-state index contributed by atoms with van der Waals surface area (Å²) in [6.07, 6.45) is 0. The molecule has 188 valence electrons. The minimum absolute atomic E-state index is 0.0556. The maximum Gasteiger partial charge on any atom is 0.494 e. The topological polar surface area (TPSA) is 18.5 Å². The van der Waals surface area contributed by atoms with Crippen LogP contribution in [-0.2, 0) is 14.7 Å². The van der Waals surface area contributed by atoms with Crippen LogP contribution in [-0.4, -0.2) is 18.3 Å². The van der Waals surface area contributed by atoms with Crippen molar-refractivity contribution in [3.05, 3.63) is 102 Å². The van der Waals surface area contributed by atoms with Crippen molar-refractivity contribution in [1.82, 2.24) is 0 Å². The van der Waals surface area contributed by atoms with Crippen LogP contribution in [0.4, 0.5) is 0 Å². The molecule has 1 saturated heterocycles. The SMILES string of the molecule is CC1(C)c2ccc(B3OC(C)(C)C(C)(C)O3)cc2-c2cc(-c3ccc4c(ccc5ccccc54)c3)ccc21. The first-order chi connectivity index (χ1) is 18.0. The van der Waals surface area contributed by atoms with Gasteiger partial charge in [0.1, 0.15) is 0 Å². The predicted molar refractivity (Wildman–Crippen MR) is 160 cm³/mol. The zero-order valence-electron chi connectivity index (χ0n) is 23.1. The van der Waals surface area contributed by atoms with Crippen LogP contribution < -0.4 is 5.46 Å². The van der Waals surface area contributed by atoms with E-state index in [-0.39, 0.29) is 23.7 Å². The second-order valence-corrected chi connectivity index (χ2v) is 12.5. The highest BCUT2D eigenvalue weighted by molar-refractivity contribution is 6.62. The molecule has 0 spiro atoms. The molecule has 1 aliphatic carbocycles. The molecule has 1 heterocycles. The Kier molecular flexibility index (Phi) is 4.88. The van der Waals surface area contributed by atoms with E-state index in [2.05, 4.69) is 133 Å². The second kappa shape index (κ2) is 7.82. The minimum atomic E-state index is -0.365. The van der Waals surface area contributed by atoms with E-state index in [1.54, 1.807) is 0 Å². The van der Waals surface area contributed by atoms with Crippen LogP contribution in [0.25, 0.3) is 43.8 Å². The van der Waals surface area contributed by atoms with Crippen LogP contribution >= 0.6 is 0 Å². The third-order valence-corrected chi connectivity index (χ3v) is 9.30. The van der Waals surface area contributed by atoms with E-state index in [1.807, 2.05) is 0 Å². The Morgan fingerprint density at radius 1 is 0.526 bits per heavy atom. The molecule has 5 aromatic rings.